The van der Waals surface area contributed by atoms with Crippen LogP contribution in [0.15, 0.2) is 18.2 Å². The summed E-state index contributed by atoms with van der Waals surface area (Å²) in [5.41, 5.74) is 0.00515. The summed E-state index contributed by atoms with van der Waals surface area (Å²) in [7, 11) is 1.51. The van der Waals surface area contributed by atoms with Gasteiger partial charge >= 0.3 is 6.18 Å². The molecule has 0 spiro atoms. The molecule has 0 amide bonds. The predicted molar refractivity (Wildman–Crippen MR) is 99.7 cm³/mol. The second kappa shape index (κ2) is 7.56. The van der Waals surface area contributed by atoms with E-state index in [-0.39, 0.29) is 51.6 Å². The number of aryl methyl sites for hydroxylation is 2. The Bertz CT molecular complexity index is 1040. The van der Waals surface area contributed by atoms with Crippen LogP contribution in [0.1, 0.15) is 16.8 Å². The van der Waals surface area contributed by atoms with Crippen LogP contribution in [0.3, 0.4) is 0 Å². The van der Waals surface area contributed by atoms with Gasteiger partial charge in [0.05, 0.1) is 23.2 Å². The van der Waals surface area contributed by atoms with Crippen molar-refractivity contribution < 1.29 is 18.0 Å². The second-order valence-corrected chi connectivity index (χ2v) is 6.92. The number of hydrogen-bond acceptors (Lipinski definition) is 5. The topological polar surface area (TPSA) is 72.7 Å². The Labute approximate surface area is 167 Å². The van der Waals surface area contributed by atoms with E-state index in [0.29, 0.717) is 5.56 Å². The molecule has 28 heavy (non-hydrogen) atoms. The number of nitrogens with one attached hydrogen (secondary N) is 1. The molecule has 0 aliphatic rings. The molecular weight excluding hydrogens is 418 g/mol. The van der Waals surface area contributed by atoms with Gasteiger partial charge in [-0.05, 0) is 30.7 Å². The molecule has 3 heterocycles. The summed E-state index contributed by atoms with van der Waals surface area (Å²) in [5.74, 6) is -0.350. The summed E-state index contributed by atoms with van der Waals surface area (Å²) >= 11 is 11.6. The zero-order valence-corrected chi connectivity index (χ0v) is 16.2. The number of hydrogen-bond donors (Lipinski definition) is 1. The largest absolute Gasteiger partial charge is 0.417 e. The molecule has 11 heteroatoms. The SMILES string of the molecule is Cc1nn(C)c2nc(NCC(=O)Cc3cc(Cl)nc(Cl)c3)cc(C(F)(F)F)c12. The van der Waals surface area contributed by atoms with Crippen LogP contribution in [0.25, 0.3) is 11.0 Å². The quantitative estimate of drug-likeness (QED) is 0.612. The number of carbonyl (C=O) groups is 1. The molecule has 0 atom stereocenters. The van der Waals surface area contributed by atoms with Crippen molar-refractivity contribution in [2.45, 2.75) is 19.5 Å². The van der Waals surface area contributed by atoms with E-state index >= 15 is 0 Å². The normalized spacial score (nSPS) is 11.8. The maximum absolute atomic E-state index is 13.5. The van der Waals surface area contributed by atoms with Crippen molar-refractivity contribution in [3.8, 4) is 0 Å². The number of nitrogens with zero attached hydrogens (tertiary/aromatic N) is 4. The smallest absolute Gasteiger partial charge is 0.363 e. The van der Waals surface area contributed by atoms with Crippen molar-refractivity contribution in [2.75, 3.05) is 11.9 Å². The van der Waals surface area contributed by atoms with Crippen molar-refractivity contribution >= 4 is 45.8 Å². The zero-order valence-electron chi connectivity index (χ0n) is 14.7. The summed E-state index contributed by atoms with van der Waals surface area (Å²) in [6, 6.07) is 3.87. The van der Waals surface area contributed by atoms with E-state index in [1.54, 1.807) is 0 Å². The molecule has 0 fully saturated rings. The number of Topliss-reactive ketones (excluding diaryl/α,β-unsaturated/α-hetero) is 1. The number of carbonyl (C=O) groups excluding carboxylic acids is 1. The van der Waals surface area contributed by atoms with Gasteiger partial charge in [-0.2, -0.15) is 18.3 Å². The highest BCUT2D eigenvalue weighted by molar-refractivity contribution is 6.32. The van der Waals surface area contributed by atoms with Gasteiger partial charge in [-0.1, -0.05) is 23.2 Å². The lowest BCUT2D eigenvalue weighted by Crippen LogP contribution is -2.18. The monoisotopic (exact) mass is 431 g/mol. The van der Waals surface area contributed by atoms with Crippen LogP contribution < -0.4 is 5.32 Å². The highest BCUT2D eigenvalue weighted by atomic mass is 35.5. The third-order valence-corrected chi connectivity index (χ3v) is 4.35. The van der Waals surface area contributed by atoms with Gasteiger partial charge < -0.3 is 5.32 Å². The van der Waals surface area contributed by atoms with Crippen LogP contribution in [-0.4, -0.2) is 32.1 Å². The van der Waals surface area contributed by atoms with Gasteiger partial charge in [0.2, 0.25) is 0 Å². The first-order valence-corrected chi connectivity index (χ1v) is 8.79. The average molecular weight is 432 g/mol. The first-order valence-electron chi connectivity index (χ1n) is 8.03. The van der Waals surface area contributed by atoms with Gasteiger partial charge in [-0.25, -0.2) is 9.97 Å². The van der Waals surface area contributed by atoms with Gasteiger partial charge in [0.15, 0.2) is 11.4 Å². The van der Waals surface area contributed by atoms with Crippen LogP contribution in [-0.2, 0) is 24.4 Å². The molecule has 148 valence electrons. The Balaban J connectivity index is 1.82. The Morgan fingerprint density at radius 3 is 2.43 bits per heavy atom. The average Bonchev–Trinajstić information content (AvgIpc) is 2.85. The summed E-state index contributed by atoms with van der Waals surface area (Å²) in [6.45, 7) is 1.27. The summed E-state index contributed by atoms with van der Waals surface area (Å²) < 4.78 is 41.6. The minimum absolute atomic E-state index is 0.00580. The van der Waals surface area contributed by atoms with Crippen LogP contribution in [0.5, 0.6) is 0 Å². The first kappa shape index (κ1) is 20.3. The van der Waals surface area contributed by atoms with Gasteiger partial charge in [0, 0.05) is 13.5 Å². The zero-order chi connectivity index (χ0) is 20.6. The number of alkyl halides is 3. The Kier molecular flexibility index (Phi) is 5.49. The lowest BCUT2D eigenvalue weighted by Gasteiger charge is -2.12. The molecule has 0 aliphatic carbocycles. The molecule has 6 nitrogen and oxygen atoms in total. The number of ketones is 1. The molecular formula is C17H14Cl2F3N5O. The molecule has 1 N–H and O–H groups in total. The van der Waals surface area contributed by atoms with Crippen LogP contribution in [0, 0.1) is 6.92 Å². The lowest BCUT2D eigenvalue weighted by molar-refractivity contribution is -0.136. The first-order chi connectivity index (χ1) is 13.0. The Morgan fingerprint density at radius 1 is 1.18 bits per heavy atom. The molecule has 0 saturated carbocycles. The maximum Gasteiger partial charge on any atom is 0.417 e. The standard InChI is InChI=1S/C17H14Cl2F3N5O/c1-8-15-11(17(20,21)22)6-14(25-16(15)27(2)26-8)23-7-10(28)3-9-4-12(18)24-13(19)5-9/h4-6H,3,7H2,1-2H3,(H,23,25). The Morgan fingerprint density at radius 2 is 1.82 bits per heavy atom. The summed E-state index contributed by atoms with van der Waals surface area (Å²) in [6.07, 6.45) is -4.59. The summed E-state index contributed by atoms with van der Waals surface area (Å²) in [4.78, 5) is 20.1. The van der Waals surface area contributed by atoms with E-state index in [2.05, 4.69) is 20.4 Å². The molecule has 0 saturated heterocycles. The Hall–Kier alpha value is -2.39. The number of aromatic nitrogens is 4. The van der Waals surface area contributed by atoms with E-state index in [9.17, 15) is 18.0 Å². The van der Waals surface area contributed by atoms with Crippen molar-refractivity contribution in [1.29, 1.82) is 0 Å². The number of fused-ring (bicyclic) bond motifs is 1. The van der Waals surface area contributed by atoms with E-state index in [1.807, 2.05) is 0 Å². The van der Waals surface area contributed by atoms with Crippen LogP contribution in [0.4, 0.5) is 19.0 Å². The van der Waals surface area contributed by atoms with E-state index in [0.717, 1.165) is 6.07 Å². The molecule has 3 aromatic heterocycles. The highest BCUT2D eigenvalue weighted by Gasteiger charge is 2.35. The van der Waals surface area contributed by atoms with Gasteiger partial charge in [-0.15, -0.1) is 0 Å². The van der Waals surface area contributed by atoms with Gasteiger partial charge in [-0.3, -0.25) is 9.48 Å². The number of anilines is 1. The van der Waals surface area contributed by atoms with E-state index < -0.39 is 11.7 Å². The van der Waals surface area contributed by atoms with Crippen molar-refractivity contribution in [3.05, 3.63) is 45.3 Å². The maximum atomic E-state index is 13.5. The van der Waals surface area contributed by atoms with E-state index in [1.165, 1.54) is 30.8 Å². The fourth-order valence-corrected chi connectivity index (χ4v) is 3.36. The second-order valence-electron chi connectivity index (χ2n) is 6.15. The van der Waals surface area contributed by atoms with Gasteiger partial charge in [0.1, 0.15) is 16.1 Å². The molecule has 0 bridgehead atoms. The summed E-state index contributed by atoms with van der Waals surface area (Å²) in [5, 5.41) is 6.89. The molecule has 0 radical (unpaired) electrons. The number of pyridine rings is 2. The van der Waals surface area contributed by atoms with Crippen LogP contribution >= 0.6 is 23.2 Å². The minimum atomic E-state index is -4.58. The molecule has 0 unspecified atom stereocenters. The molecule has 3 aromatic rings. The number of halogens is 5. The molecule has 3 rings (SSSR count). The molecule has 0 aliphatic heterocycles. The minimum Gasteiger partial charge on any atom is -0.363 e. The highest BCUT2D eigenvalue weighted by Crippen LogP contribution is 2.37. The fraction of sp³-hybridized carbons (Fsp3) is 0.294. The fourth-order valence-electron chi connectivity index (χ4n) is 2.85. The van der Waals surface area contributed by atoms with Crippen molar-refractivity contribution in [2.24, 2.45) is 7.05 Å². The molecule has 0 aromatic carbocycles. The third-order valence-electron chi connectivity index (χ3n) is 3.96. The van der Waals surface area contributed by atoms with Crippen molar-refractivity contribution in [3.63, 3.8) is 0 Å². The third kappa shape index (κ3) is 4.36. The predicted octanol–water partition coefficient (Wildman–Crippen LogP) is 4.22. The van der Waals surface area contributed by atoms with Gasteiger partial charge in [0.25, 0.3) is 0 Å². The number of rotatable bonds is 5. The van der Waals surface area contributed by atoms with Crippen molar-refractivity contribution in [1.82, 2.24) is 19.7 Å². The van der Waals surface area contributed by atoms with Crippen LogP contribution in [0.2, 0.25) is 10.3 Å². The van der Waals surface area contributed by atoms with E-state index in [4.69, 9.17) is 23.2 Å². The lowest BCUT2D eigenvalue weighted by atomic mass is 10.1.